The summed E-state index contributed by atoms with van der Waals surface area (Å²) in [6.45, 7) is 11.9. The molecule has 12 heavy (non-hydrogen) atoms. The lowest BCUT2D eigenvalue weighted by Gasteiger charge is -2.28. The van der Waals surface area contributed by atoms with Crippen LogP contribution in [-0.4, -0.2) is 0 Å². The summed E-state index contributed by atoms with van der Waals surface area (Å²) < 4.78 is 0. The van der Waals surface area contributed by atoms with E-state index < -0.39 is 0 Å². The lowest BCUT2D eigenvalue weighted by molar-refractivity contribution is 0.210. The Morgan fingerprint density at radius 1 is 1.33 bits per heavy atom. The van der Waals surface area contributed by atoms with E-state index in [0.29, 0.717) is 10.8 Å². The molecule has 0 aliphatic heterocycles. The van der Waals surface area contributed by atoms with Crippen LogP contribution in [0.1, 0.15) is 60.3 Å². The third kappa shape index (κ3) is 1.67. The highest BCUT2D eigenvalue weighted by Crippen LogP contribution is 2.64. The highest BCUT2D eigenvalue weighted by atomic mass is 14.6. The van der Waals surface area contributed by atoms with Crippen LogP contribution >= 0.6 is 0 Å². The predicted octanol–water partition coefficient (Wildman–Crippen LogP) is 4.25. The van der Waals surface area contributed by atoms with Crippen molar-refractivity contribution in [2.75, 3.05) is 0 Å². The van der Waals surface area contributed by atoms with Crippen molar-refractivity contribution >= 4 is 0 Å². The minimum absolute atomic E-state index is 0.519. The Morgan fingerprint density at radius 2 is 1.92 bits per heavy atom. The van der Waals surface area contributed by atoms with Crippen molar-refractivity contribution in [2.24, 2.45) is 16.7 Å². The van der Waals surface area contributed by atoms with Gasteiger partial charge >= 0.3 is 0 Å². The van der Waals surface area contributed by atoms with Gasteiger partial charge in [0.1, 0.15) is 0 Å². The van der Waals surface area contributed by atoms with Crippen LogP contribution < -0.4 is 0 Å². The zero-order chi connectivity index (χ0) is 9.41. The fourth-order valence-electron chi connectivity index (χ4n) is 2.24. The largest absolute Gasteiger partial charge is 0.0654 e. The third-order valence-corrected chi connectivity index (χ3v) is 4.03. The summed E-state index contributed by atoms with van der Waals surface area (Å²) in [5, 5.41) is 0. The second-order valence-electron chi connectivity index (χ2n) is 5.71. The van der Waals surface area contributed by atoms with E-state index >= 15 is 0 Å². The molecule has 0 spiro atoms. The second-order valence-corrected chi connectivity index (χ2v) is 5.71. The maximum absolute atomic E-state index is 2.47. The van der Waals surface area contributed by atoms with Crippen molar-refractivity contribution < 1.29 is 0 Å². The summed E-state index contributed by atoms with van der Waals surface area (Å²) in [4.78, 5) is 0. The lowest BCUT2D eigenvalue weighted by atomic mass is 9.77. The molecule has 1 rings (SSSR count). The molecule has 0 aromatic heterocycles. The van der Waals surface area contributed by atoms with Crippen LogP contribution in [0.2, 0.25) is 0 Å². The fraction of sp³-hybridized carbons (Fsp3) is 1.00. The summed E-state index contributed by atoms with van der Waals surface area (Å²) >= 11 is 0. The van der Waals surface area contributed by atoms with Gasteiger partial charge in [0, 0.05) is 0 Å². The zero-order valence-electron chi connectivity index (χ0n) is 9.41. The van der Waals surface area contributed by atoms with Gasteiger partial charge in [0.2, 0.25) is 0 Å². The molecular weight excluding hydrogens is 144 g/mol. The van der Waals surface area contributed by atoms with Crippen LogP contribution in [0.15, 0.2) is 0 Å². The molecule has 2 atom stereocenters. The quantitative estimate of drug-likeness (QED) is 0.591. The van der Waals surface area contributed by atoms with Gasteiger partial charge in [-0.1, -0.05) is 47.5 Å². The Kier molecular flexibility index (Phi) is 2.56. The molecule has 0 saturated heterocycles. The Bertz CT molecular complexity index is 152. The van der Waals surface area contributed by atoms with Crippen LogP contribution in [0.3, 0.4) is 0 Å². The number of hydrogen-bond acceptors (Lipinski definition) is 0. The molecular formula is C12H24. The first-order valence-electron chi connectivity index (χ1n) is 5.42. The van der Waals surface area contributed by atoms with Crippen molar-refractivity contribution in [3.8, 4) is 0 Å². The van der Waals surface area contributed by atoms with Crippen LogP contribution in [0.25, 0.3) is 0 Å². The zero-order valence-corrected chi connectivity index (χ0v) is 9.41. The summed E-state index contributed by atoms with van der Waals surface area (Å²) in [5.41, 5.74) is 1.17. The molecule has 0 heterocycles. The summed E-state index contributed by atoms with van der Waals surface area (Å²) in [7, 11) is 0. The second kappa shape index (κ2) is 3.05. The number of unbranched alkanes of at least 4 members (excludes halogenated alkanes) is 1. The molecule has 0 N–H and O–H groups in total. The van der Waals surface area contributed by atoms with Gasteiger partial charge in [-0.3, -0.25) is 0 Å². The molecule has 0 aromatic carbocycles. The van der Waals surface area contributed by atoms with Crippen LogP contribution in [-0.2, 0) is 0 Å². The van der Waals surface area contributed by atoms with E-state index in [9.17, 15) is 0 Å². The molecule has 0 heteroatoms. The summed E-state index contributed by atoms with van der Waals surface area (Å²) in [5.74, 6) is 1.03. The highest BCUT2D eigenvalue weighted by molar-refractivity contribution is 5.05. The van der Waals surface area contributed by atoms with Gasteiger partial charge in [-0.05, 0) is 29.6 Å². The molecule has 1 fully saturated rings. The minimum atomic E-state index is 0.519. The van der Waals surface area contributed by atoms with Crippen molar-refractivity contribution in [2.45, 2.75) is 60.3 Å². The molecule has 2 unspecified atom stereocenters. The standard InChI is InChI=1S/C12H24/c1-6-7-8-10-9-12(10,5)11(2,3)4/h10H,6-9H2,1-5H3. The summed E-state index contributed by atoms with van der Waals surface area (Å²) in [6.07, 6.45) is 5.72. The Balaban J connectivity index is 2.38. The Morgan fingerprint density at radius 3 is 2.25 bits per heavy atom. The highest BCUT2D eigenvalue weighted by Gasteiger charge is 2.55. The van der Waals surface area contributed by atoms with E-state index in [1.807, 2.05) is 0 Å². The molecule has 0 radical (unpaired) electrons. The van der Waals surface area contributed by atoms with Crippen molar-refractivity contribution in [1.29, 1.82) is 0 Å². The number of hydrogen-bond donors (Lipinski definition) is 0. The normalized spacial score (nSPS) is 35.2. The van der Waals surface area contributed by atoms with Crippen molar-refractivity contribution in [3.05, 3.63) is 0 Å². The first-order valence-corrected chi connectivity index (χ1v) is 5.42. The minimum Gasteiger partial charge on any atom is -0.0654 e. The van der Waals surface area contributed by atoms with E-state index in [-0.39, 0.29) is 0 Å². The maximum atomic E-state index is 2.47. The molecule has 1 aliphatic rings. The van der Waals surface area contributed by atoms with Crippen LogP contribution in [0.4, 0.5) is 0 Å². The molecule has 0 bridgehead atoms. The molecule has 0 aromatic rings. The first kappa shape index (κ1) is 10.1. The average Bonchev–Trinajstić information content (AvgIpc) is 2.58. The lowest BCUT2D eigenvalue weighted by Crippen LogP contribution is -2.20. The van der Waals surface area contributed by atoms with Crippen LogP contribution in [0, 0.1) is 16.7 Å². The van der Waals surface area contributed by atoms with E-state index in [4.69, 9.17) is 0 Å². The predicted molar refractivity (Wildman–Crippen MR) is 55.2 cm³/mol. The van der Waals surface area contributed by atoms with E-state index in [1.165, 1.54) is 25.7 Å². The Labute approximate surface area is 77.7 Å². The van der Waals surface area contributed by atoms with Gasteiger partial charge in [-0.15, -0.1) is 0 Å². The van der Waals surface area contributed by atoms with Crippen LogP contribution in [0.5, 0.6) is 0 Å². The first-order chi connectivity index (χ1) is 5.42. The fourth-order valence-corrected chi connectivity index (χ4v) is 2.24. The SMILES string of the molecule is CCCCC1CC1(C)C(C)(C)C. The van der Waals surface area contributed by atoms with Crippen molar-refractivity contribution in [1.82, 2.24) is 0 Å². The summed E-state index contributed by atoms with van der Waals surface area (Å²) in [6, 6.07) is 0. The van der Waals surface area contributed by atoms with Gasteiger partial charge < -0.3 is 0 Å². The molecule has 72 valence electrons. The average molecular weight is 168 g/mol. The molecule has 0 amide bonds. The van der Waals surface area contributed by atoms with Crippen molar-refractivity contribution in [3.63, 3.8) is 0 Å². The van der Waals surface area contributed by atoms with Gasteiger partial charge in [0.15, 0.2) is 0 Å². The smallest absolute Gasteiger partial charge is 0.0246 e. The Hall–Kier alpha value is 0. The number of rotatable bonds is 3. The van der Waals surface area contributed by atoms with E-state index in [1.54, 1.807) is 0 Å². The topological polar surface area (TPSA) is 0 Å². The van der Waals surface area contributed by atoms with E-state index in [2.05, 4.69) is 34.6 Å². The molecule has 0 nitrogen and oxygen atoms in total. The van der Waals surface area contributed by atoms with E-state index in [0.717, 1.165) is 5.92 Å². The monoisotopic (exact) mass is 168 g/mol. The maximum Gasteiger partial charge on any atom is -0.0246 e. The van der Waals surface area contributed by atoms with Gasteiger partial charge in [-0.2, -0.15) is 0 Å². The molecule has 1 aliphatic carbocycles. The molecule has 1 saturated carbocycles. The van der Waals surface area contributed by atoms with Gasteiger partial charge in [-0.25, -0.2) is 0 Å². The third-order valence-electron chi connectivity index (χ3n) is 4.03. The van der Waals surface area contributed by atoms with Gasteiger partial charge in [0.25, 0.3) is 0 Å². The van der Waals surface area contributed by atoms with Gasteiger partial charge in [0.05, 0.1) is 0 Å².